The Balaban J connectivity index is -0.00000722. The van der Waals surface area contributed by atoms with Gasteiger partial charge in [-0.25, -0.2) is 8.42 Å². The molecule has 0 spiro atoms. The number of aliphatic hydroxyl groups is 2. The summed E-state index contributed by atoms with van der Waals surface area (Å²) in [7, 11) is -5.36. The molecule has 0 aromatic rings. The summed E-state index contributed by atoms with van der Waals surface area (Å²) >= 11 is 0. The van der Waals surface area contributed by atoms with E-state index >= 15 is 0 Å². The summed E-state index contributed by atoms with van der Waals surface area (Å²) in [4.78, 5) is 34.6. The van der Waals surface area contributed by atoms with Gasteiger partial charge in [0.15, 0.2) is 0 Å². The van der Waals surface area contributed by atoms with Gasteiger partial charge in [0.1, 0.15) is 23.3 Å². The summed E-state index contributed by atoms with van der Waals surface area (Å²) in [6.07, 6.45) is 19.0. The fourth-order valence-corrected chi connectivity index (χ4v) is 3.98. The predicted molar refractivity (Wildman–Crippen MR) is 141 cm³/mol. The van der Waals surface area contributed by atoms with E-state index in [1.54, 1.807) is 0 Å². The van der Waals surface area contributed by atoms with Gasteiger partial charge in [0.2, 0.25) is 0 Å². The van der Waals surface area contributed by atoms with Crippen LogP contribution in [0.5, 0.6) is 0 Å². The second-order valence-corrected chi connectivity index (χ2v) is 11.2. The van der Waals surface area contributed by atoms with Gasteiger partial charge in [-0.15, -0.1) is 0 Å². The molecule has 0 aromatic heterocycles. The van der Waals surface area contributed by atoms with Crippen molar-refractivity contribution in [3.8, 4) is 0 Å². The van der Waals surface area contributed by atoms with Crippen LogP contribution in [0.15, 0.2) is 24.3 Å². The van der Waals surface area contributed by atoms with Crippen LogP contribution >= 0.6 is 0 Å². The zero-order valence-corrected chi connectivity index (χ0v) is 29.7. The third-order valence-corrected chi connectivity index (χ3v) is 7.10. The monoisotopic (exact) mass is 622 g/mol. The molecule has 11 nitrogen and oxygen atoms in total. The van der Waals surface area contributed by atoms with Crippen molar-refractivity contribution in [3.63, 3.8) is 0 Å². The quantitative estimate of drug-likeness (QED) is 0.0350. The summed E-state index contributed by atoms with van der Waals surface area (Å²) < 4.78 is 42.6. The van der Waals surface area contributed by atoms with E-state index in [0.29, 0.717) is 6.42 Å². The van der Waals surface area contributed by atoms with Gasteiger partial charge >= 0.3 is 71.1 Å². The van der Waals surface area contributed by atoms with Crippen molar-refractivity contribution < 1.29 is 111 Å². The van der Waals surface area contributed by atoms with Gasteiger partial charge in [0.25, 0.3) is 0 Å². The summed E-state index contributed by atoms with van der Waals surface area (Å²) in [6.45, 7) is -0.501. The number of aliphatic carboxylic acids is 1. The smallest absolute Gasteiger partial charge is 0.747 e. The number of hydrogen-bond acceptors (Lipinski definition) is 11. The van der Waals surface area contributed by atoms with Crippen molar-refractivity contribution in [2.75, 3.05) is 26.4 Å². The first-order valence-electron chi connectivity index (χ1n) is 13.5. The number of esters is 2. The van der Waals surface area contributed by atoms with Crippen molar-refractivity contribution in [2.24, 2.45) is 5.41 Å². The molecule has 0 saturated carbocycles. The van der Waals surface area contributed by atoms with Crippen LogP contribution in [0.25, 0.3) is 0 Å². The molecule has 14 heteroatoms. The molecule has 41 heavy (non-hydrogen) atoms. The van der Waals surface area contributed by atoms with E-state index in [9.17, 15) is 42.7 Å². The molecule has 0 aliphatic heterocycles. The second kappa shape index (κ2) is 27.3. The van der Waals surface area contributed by atoms with Crippen LogP contribution in [0, 0.1) is 5.41 Å². The number of unbranched alkanes of at least 4 members (excludes halogenated alkanes) is 8. The van der Waals surface area contributed by atoms with Crippen molar-refractivity contribution in [1.82, 2.24) is 0 Å². The molecule has 0 bridgehead atoms. The van der Waals surface area contributed by atoms with Crippen molar-refractivity contribution in [1.29, 1.82) is 0 Å². The molecule has 226 valence electrons. The molecule has 1 unspecified atom stereocenters. The van der Waals surface area contributed by atoms with Gasteiger partial charge in [-0.1, -0.05) is 63.3 Å². The first-order chi connectivity index (χ1) is 18.5. The van der Waals surface area contributed by atoms with Gasteiger partial charge in [0, 0.05) is 6.42 Å². The molecule has 0 aromatic carbocycles. The maximum Gasteiger partial charge on any atom is 1.00 e. The number of carboxylic acid groups (broad SMARTS) is 1. The Bertz CT molecular complexity index is 872. The molecule has 0 aliphatic carbocycles. The van der Waals surface area contributed by atoms with E-state index in [4.69, 9.17) is 9.47 Å². The summed E-state index contributed by atoms with van der Waals surface area (Å²) in [5, 5.41) is 27.4. The average molecular weight is 623 g/mol. The maximum atomic E-state index is 12.0. The number of ether oxygens (including phenoxy) is 2. The van der Waals surface area contributed by atoms with Crippen LogP contribution < -0.4 is 64.2 Å². The first-order valence-corrected chi connectivity index (χ1v) is 15.0. The standard InChI is InChI=1S/C27H46O11S.2Na/c1-2-3-4-5-6-7-8-9-10-11-12-13-14-15-16-17-24(30)37-21-27(19-28,20-29)22-38-25(31)18-23(26(32)33)39(34,35)36;;/h6-7,9-10,23,28-29H,2-5,8,11-22H2,1H3,(H,32,33)(H,34,35,36);;/q;2*+1/p-2. The summed E-state index contributed by atoms with van der Waals surface area (Å²) in [5.74, 6) is -4.18. The molecule has 1 atom stereocenters. The number of carboxylic acids is 1. The molecule has 0 rings (SSSR count). The zero-order valence-electron chi connectivity index (χ0n) is 24.9. The second-order valence-electron chi connectivity index (χ2n) is 9.62. The topological polar surface area (TPSA) is 190 Å². The van der Waals surface area contributed by atoms with E-state index in [1.165, 1.54) is 19.3 Å². The number of rotatable bonds is 24. The Kier molecular flexibility index (Phi) is 30.0. The third kappa shape index (κ3) is 23.8. The van der Waals surface area contributed by atoms with E-state index in [2.05, 4.69) is 31.2 Å². The Morgan fingerprint density at radius 2 is 1.29 bits per heavy atom. The number of allylic oxidation sites excluding steroid dienone is 4. The minimum Gasteiger partial charge on any atom is -0.747 e. The van der Waals surface area contributed by atoms with Crippen LogP contribution in [0.3, 0.4) is 0 Å². The molecule has 0 amide bonds. The zero-order chi connectivity index (χ0) is 29.6. The first kappa shape index (κ1) is 45.2. The molecule has 0 heterocycles. The minimum atomic E-state index is -5.36. The Hall–Kier alpha value is -0.280. The fraction of sp³-hybridized carbons (Fsp3) is 0.741. The molecule has 2 N–H and O–H groups in total. The SMILES string of the molecule is CCCCCC=CCC=CCCCCCCCC(=O)OCC(CO)(CO)COC(=O)CC(C(=O)[O-])S(=O)(=O)[O-].[Na+].[Na+]. The average Bonchev–Trinajstić information content (AvgIpc) is 2.89. The molecular weight excluding hydrogens is 578 g/mol. The van der Waals surface area contributed by atoms with Gasteiger partial charge in [-0.05, 0) is 38.5 Å². The molecular formula is C27H44Na2O11S. The van der Waals surface area contributed by atoms with Gasteiger partial charge in [-0.2, -0.15) is 0 Å². The Morgan fingerprint density at radius 1 is 0.805 bits per heavy atom. The molecule has 0 saturated heterocycles. The summed E-state index contributed by atoms with van der Waals surface area (Å²) in [5.41, 5.74) is -1.59. The maximum absolute atomic E-state index is 12.0. The summed E-state index contributed by atoms with van der Waals surface area (Å²) in [6, 6.07) is 0. The largest absolute Gasteiger partial charge is 1.00 e. The van der Waals surface area contributed by atoms with Crippen LogP contribution in [0.1, 0.15) is 90.4 Å². The number of carbonyl (C=O) groups is 3. The van der Waals surface area contributed by atoms with E-state index in [1.807, 2.05) is 0 Å². The van der Waals surface area contributed by atoms with Crippen LogP contribution in [0.4, 0.5) is 0 Å². The van der Waals surface area contributed by atoms with Crippen LogP contribution in [-0.2, 0) is 34.0 Å². The van der Waals surface area contributed by atoms with E-state index in [-0.39, 0.29) is 65.5 Å². The third-order valence-electron chi connectivity index (χ3n) is 6.04. The van der Waals surface area contributed by atoms with Crippen molar-refractivity contribution in [2.45, 2.75) is 95.6 Å². The Morgan fingerprint density at radius 3 is 1.78 bits per heavy atom. The minimum absolute atomic E-state index is 0. The van der Waals surface area contributed by atoms with Crippen molar-refractivity contribution in [3.05, 3.63) is 24.3 Å². The number of carbonyl (C=O) groups excluding carboxylic acids is 3. The van der Waals surface area contributed by atoms with E-state index < -0.39 is 71.5 Å². The number of hydrogen-bond donors (Lipinski definition) is 2. The van der Waals surface area contributed by atoms with Gasteiger partial charge in [-0.3, -0.25) is 9.59 Å². The van der Waals surface area contributed by atoms with Crippen LogP contribution in [0.2, 0.25) is 0 Å². The van der Waals surface area contributed by atoms with E-state index in [0.717, 1.165) is 44.9 Å². The molecule has 0 radical (unpaired) electrons. The predicted octanol–water partition coefficient (Wildman–Crippen LogP) is -4.08. The normalized spacial score (nSPS) is 12.5. The Labute approximate surface area is 288 Å². The fourth-order valence-electron chi connectivity index (χ4n) is 3.41. The van der Waals surface area contributed by atoms with Crippen LogP contribution in [-0.4, -0.2) is 72.8 Å². The van der Waals surface area contributed by atoms with Crippen molar-refractivity contribution >= 4 is 28.0 Å². The number of aliphatic hydroxyl groups excluding tert-OH is 2. The molecule has 0 aliphatic rings. The van der Waals surface area contributed by atoms with Gasteiger partial charge in [0.05, 0.1) is 36.3 Å². The van der Waals surface area contributed by atoms with Gasteiger partial charge < -0.3 is 34.1 Å². The molecule has 0 fully saturated rings.